The highest BCUT2D eigenvalue weighted by Crippen LogP contribution is 2.07. The van der Waals surface area contributed by atoms with Gasteiger partial charge in [0, 0.05) is 6.54 Å². The second kappa shape index (κ2) is 5.92. The largest absolute Gasteiger partial charge is 0.442 e. The molecule has 5 heteroatoms. The normalized spacial score (nSPS) is 13.8. The molecule has 0 radical (unpaired) electrons. The average molecular weight is 218 g/mol. The van der Waals surface area contributed by atoms with Crippen molar-refractivity contribution in [3.8, 4) is 0 Å². The molecular weight excluding hydrogens is 196 g/mol. The summed E-state index contributed by atoms with van der Waals surface area (Å²) < 4.78 is 5.00. The maximum Gasteiger partial charge on any atom is 0.431 e. The van der Waals surface area contributed by atoms with Gasteiger partial charge in [-0.3, -0.25) is 4.84 Å². The van der Waals surface area contributed by atoms with Crippen molar-refractivity contribution < 1.29 is 14.4 Å². The van der Waals surface area contributed by atoms with Gasteiger partial charge in [-0.05, 0) is 26.7 Å². The predicted octanol–water partition coefficient (Wildman–Crippen LogP) is 1.43. The van der Waals surface area contributed by atoms with E-state index in [1.807, 2.05) is 13.8 Å². The van der Waals surface area contributed by atoms with Crippen LogP contribution in [0.2, 0.25) is 0 Å². The van der Waals surface area contributed by atoms with Crippen molar-refractivity contribution in [2.45, 2.75) is 46.3 Å². The lowest BCUT2D eigenvalue weighted by Gasteiger charge is -2.22. The van der Waals surface area contributed by atoms with E-state index in [0.717, 1.165) is 0 Å². The number of carbonyl (C=O) groups is 1. The van der Waals surface area contributed by atoms with E-state index < -0.39 is 11.7 Å². The van der Waals surface area contributed by atoms with Crippen LogP contribution in [0.4, 0.5) is 4.79 Å². The highest BCUT2D eigenvalue weighted by Gasteiger charge is 2.18. The summed E-state index contributed by atoms with van der Waals surface area (Å²) in [6.07, 6.45) is -0.792. The average Bonchev–Trinajstić information content (AvgIpc) is 2.01. The molecule has 0 fully saturated rings. The van der Waals surface area contributed by atoms with Crippen molar-refractivity contribution in [1.82, 2.24) is 5.48 Å². The van der Waals surface area contributed by atoms with E-state index in [2.05, 4.69) is 5.48 Å². The van der Waals surface area contributed by atoms with Gasteiger partial charge in [0.05, 0.1) is 0 Å². The second-order valence-electron chi connectivity index (χ2n) is 4.74. The first-order valence-electron chi connectivity index (χ1n) is 5.11. The monoisotopic (exact) mass is 218 g/mol. The molecule has 15 heavy (non-hydrogen) atoms. The number of hydroxylamine groups is 1. The highest BCUT2D eigenvalue weighted by molar-refractivity contribution is 5.66. The fraction of sp³-hybridized carbons (Fsp3) is 0.900. The molecule has 0 bridgehead atoms. The zero-order valence-electron chi connectivity index (χ0n) is 10.2. The van der Waals surface area contributed by atoms with Crippen LogP contribution in [0.1, 0.15) is 34.6 Å². The Kier molecular flexibility index (Phi) is 5.60. The molecule has 0 aliphatic carbocycles. The standard InChI is InChI=1S/C10H22N2O3/c1-7(2)8(6-11)15-12-9(13)14-10(3,4)5/h7-8H,6,11H2,1-5H3,(H,12,13)/t8-/m0/s1. The fourth-order valence-electron chi connectivity index (χ4n) is 0.879. The topological polar surface area (TPSA) is 73.6 Å². The first-order chi connectivity index (χ1) is 6.76. The molecule has 90 valence electrons. The van der Waals surface area contributed by atoms with E-state index >= 15 is 0 Å². The summed E-state index contributed by atoms with van der Waals surface area (Å²) in [6, 6.07) is 0. The Morgan fingerprint density at radius 2 is 1.93 bits per heavy atom. The van der Waals surface area contributed by atoms with Crippen LogP contribution in [-0.4, -0.2) is 24.3 Å². The summed E-state index contributed by atoms with van der Waals surface area (Å²) >= 11 is 0. The van der Waals surface area contributed by atoms with Gasteiger partial charge in [-0.25, -0.2) is 4.79 Å². The van der Waals surface area contributed by atoms with Gasteiger partial charge < -0.3 is 10.5 Å². The van der Waals surface area contributed by atoms with Gasteiger partial charge in [0.25, 0.3) is 0 Å². The number of rotatable bonds is 4. The third-order valence-corrected chi connectivity index (χ3v) is 1.67. The first-order valence-corrected chi connectivity index (χ1v) is 5.11. The fourth-order valence-corrected chi connectivity index (χ4v) is 0.879. The van der Waals surface area contributed by atoms with E-state index in [4.69, 9.17) is 15.3 Å². The van der Waals surface area contributed by atoms with Crippen LogP contribution in [0.3, 0.4) is 0 Å². The van der Waals surface area contributed by atoms with E-state index in [9.17, 15) is 4.79 Å². The van der Waals surface area contributed by atoms with Crippen LogP contribution in [0.5, 0.6) is 0 Å². The minimum absolute atomic E-state index is 0.197. The van der Waals surface area contributed by atoms with Crippen molar-refractivity contribution in [2.75, 3.05) is 6.54 Å². The predicted molar refractivity (Wildman–Crippen MR) is 58.1 cm³/mol. The minimum atomic E-state index is -0.596. The second-order valence-corrected chi connectivity index (χ2v) is 4.74. The number of nitrogens with two attached hydrogens (primary N) is 1. The number of hydrogen-bond acceptors (Lipinski definition) is 4. The summed E-state index contributed by atoms with van der Waals surface area (Å²) in [5.74, 6) is 0.241. The molecule has 1 amide bonds. The third kappa shape index (κ3) is 7.16. The SMILES string of the molecule is CC(C)[C@H](CN)ONC(=O)OC(C)(C)C. The lowest BCUT2D eigenvalue weighted by atomic mass is 10.1. The van der Waals surface area contributed by atoms with Gasteiger partial charge >= 0.3 is 6.09 Å². The van der Waals surface area contributed by atoms with E-state index in [0.29, 0.717) is 6.54 Å². The van der Waals surface area contributed by atoms with Gasteiger partial charge in [-0.15, -0.1) is 0 Å². The molecule has 0 aliphatic heterocycles. The molecular formula is C10H22N2O3. The lowest BCUT2D eigenvalue weighted by molar-refractivity contribution is -0.0539. The number of carbonyl (C=O) groups excluding carboxylic acids is 1. The van der Waals surface area contributed by atoms with Gasteiger partial charge in [0.15, 0.2) is 0 Å². The molecule has 1 atom stereocenters. The Bertz CT molecular complexity index is 199. The molecule has 0 heterocycles. The van der Waals surface area contributed by atoms with Crippen LogP contribution in [0.15, 0.2) is 0 Å². The summed E-state index contributed by atoms with van der Waals surface area (Å²) in [6.45, 7) is 9.65. The van der Waals surface area contributed by atoms with Gasteiger partial charge in [0.2, 0.25) is 0 Å². The Morgan fingerprint density at radius 3 is 2.27 bits per heavy atom. The van der Waals surface area contributed by atoms with Crippen LogP contribution < -0.4 is 11.2 Å². The molecule has 0 saturated heterocycles. The quantitative estimate of drug-likeness (QED) is 0.700. The number of amides is 1. The molecule has 0 unspecified atom stereocenters. The van der Waals surface area contributed by atoms with Gasteiger partial charge in [0.1, 0.15) is 11.7 Å². The van der Waals surface area contributed by atoms with Crippen LogP contribution >= 0.6 is 0 Å². The molecule has 0 spiro atoms. The summed E-state index contributed by atoms with van der Waals surface area (Å²) in [4.78, 5) is 16.3. The molecule has 5 nitrogen and oxygen atoms in total. The van der Waals surface area contributed by atoms with Crippen molar-refractivity contribution in [3.05, 3.63) is 0 Å². The van der Waals surface area contributed by atoms with Crippen molar-refractivity contribution >= 4 is 6.09 Å². The van der Waals surface area contributed by atoms with Crippen molar-refractivity contribution in [3.63, 3.8) is 0 Å². The molecule has 0 aromatic rings. The first kappa shape index (κ1) is 14.2. The molecule has 0 rings (SSSR count). The van der Waals surface area contributed by atoms with Gasteiger partial charge in [-0.2, -0.15) is 5.48 Å². The smallest absolute Gasteiger partial charge is 0.431 e. The van der Waals surface area contributed by atoms with Crippen LogP contribution in [-0.2, 0) is 9.57 Å². The minimum Gasteiger partial charge on any atom is -0.442 e. The number of hydrogen-bond donors (Lipinski definition) is 2. The summed E-state index contributed by atoms with van der Waals surface area (Å²) in [5, 5.41) is 0. The number of ether oxygens (including phenoxy) is 1. The maximum absolute atomic E-state index is 11.2. The third-order valence-electron chi connectivity index (χ3n) is 1.67. The van der Waals surface area contributed by atoms with E-state index in [-0.39, 0.29) is 12.0 Å². The Balaban J connectivity index is 3.89. The molecule has 0 saturated carbocycles. The lowest BCUT2D eigenvalue weighted by Crippen LogP contribution is -2.39. The summed E-state index contributed by atoms with van der Waals surface area (Å²) in [7, 11) is 0. The zero-order chi connectivity index (χ0) is 12.1. The maximum atomic E-state index is 11.2. The number of nitrogens with one attached hydrogen (secondary N) is 1. The van der Waals surface area contributed by atoms with E-state index in [1.165, 1.54) is 0 Å². The van der Waals surface area contributed by atoms with Crippen molar-refractivity contribution in [2.24, 2.45) is 11.7 Å². The molecule has 0 aromatic heterocycles. The van der Waals surface area contributed by atoms with Crippen LogP contribution in [0.25, 0.3) is 0 Å². The van der Waals surface area contributed by atoms with E-state index in [1.54, 1.807) is 20.8 Å². The Morgan fingerprint density at radius 1 is 1.40 bits per heavy atom. The highest BCUT2D eigenvalue weighted by atomic mass is 16.7. The Labute approximate surface area is 91.3 Å². The molecule has 0 aromatic carbocycles. The zero-order valence-corrected chi connectivity index (χ0v) is 10.2. The van der Waals surface area contributed by atoms with Crippen LogP contribution in [0, 0.1) is 5.92 Å². The molecule has 3 N–H and O–H groups in total. The Hall–Kier alpha value is -0.810. The van der Waals surface area contributed by atoms with Crippen molar-refractivity contribution in [1.29, 1.82) is 0 Å². The van der Waals surface area contributed by atoms with Gasteiger partial charge in [-0.1, -0.05) is 13.8 Å². The molecule has 0 aliphatic rings. The summed E-state index contributed by atoms with van der Waals surface area (Å²) in [5.41, 5.74) is 7.18.